The Morgan fingerprint density at radius 2 is 2.12 bits per heavy atom. The van der Waals surface area contributed by atoms with Crippen molar-refractivity contribution in [2.75, 3.05) is 26.4 Å². The van der Waals surface area contributed by atoms with Crippen LogP contribution in [0.5, 0.6) is 0 Å². The fraction of sp³-hybridized carbons (Fsp3) is 0.556. The van der Waals surface area contributed by atoms with E-state index in [1.165, 1.54) is 0 Å². The van der Waals surface area contributed by atoms with Crippen LogP contribution in [-0.2, 0) is 30.2 Å². The van der Waals surface area contributed by atoms with E-state index in [1.54, 1.807) is 19.1 Å². The molecule has 1 amide bonds. The Labute approximate surface area is 152 Å². The maximum Gasteiger partial charge on any atom is 0.335 e. The summed E-state index contributed by atoms with van der Waals surface area (Å²) in [4.78, 5) is 23.5. The minimum Gasteiger partial charge on any atom is -0.454 e. The van der Waals surface area contributed by atoms with Gasteiger partial charge in [-0.25, -0.2) is 4.79 Å². The maximum atomic E-state index is 11.8. The number of amides is 1. The van der Waals surface area contributed by atoms with E-state index >= 15 is 0 Å². The lowest BCUT2D eigenvalue weighted by atomic mass is 10.1. The van der Waals surface area contributed by atoms with Gasteiger partial charge in [-0.3, -0.25) is 4.79 Å². The van der Waals surface area contributed by atoms with Crippen molar-refractivity contribution < 1.29 is 23.8 Å². The minimum absolute atomic E-state index is 0.0476. The summed E-state index contributed by atoms with van der Waals surface area (Å²) in [5, 5.41) is 3.38. The van der Waals surface area contributed by atoms with E-state index < -0.39 is 12.1 Å². The maximum absolute atomic E-state index is 11.8. The van der Waals surface area contributed by atoms with Crippen LogP contribution in [0.3, 0.4) is 0 Å². The predicted octanol–water partition coefficient (Wildman–Crippen LogP) is 2.13. The average molecular weight is 370 g/mol. The van der Waals surface area contributed by atoms with Gasteiger partial charge < -0.3 is 19.5 Å². The first-order chi connectivity index (χ1) is 12.0. The number of carbonyl (C=O) groups excluding carboxylic acids is 2. The zero-order chi connectivity index (χ0) is 18.1. The highest BCUT2D eigenvalue weighted by molar-refractivity contribution is 6.30. The van der Waals surface area contributed by atoms with Crippen molar-refractivity contribution in [2.24, 2.45) is 0 Å². The van der Waals surface area contributed by atoms with Crippen molar-refractivity contribution in [1.29, 1.82) is 0 Å². The number of nitrogens with one attached hydrogen (secondary N) is 1. The van der Waals surface area contributed by atoms with E-state index in [2.05, 4.69) is 5.32 Å². The summed E-state index contributed by atoms with van der Waals surface area (Å²) in [6.07, 6.45) is 1.97. The van der Waals surface area contributed by atoms with Gasteiger partial charge in [-0.2, -0.15) is 0 Å². The highest BCUT2D eigenvalue weighted by Crippen LogP contribution is 2.13. The third-order valence-electron chi connectivity index (χ3n) is 3.88. The second-order valence-corrected chi connectivity index (χ2v) is 6.38. The molecule has 0 spiro atoms. The van der Waals surface area contributed by atoms with E-state index in [0.29, 0.717) is 24.6 Å². The Balaban J connectivity index is 1.56. The third-order valence-corrected chi connectivity index (χ3v) is 4.13. The summed E-state index contributed by atoms with van der Waals surface area (Å²) < 4.78 is 15.8. The molecule has 25 heavy (non-hydrogen) atoms. The summed E-state index contributed by atoms with van der Waals surface area (Å²) in [7, 11) is 0. The Kier molecular flexibility index (Phi) is 8.18. The molecule has 1 aromatic carbocycles. The highest BCUT2D eigenvalue weighted by Gasteiger charge is 2.21. The van der Waals surface area contributed by atoms with E-state index in [1.807, 2.05) is 12.1 Å². The monoisotopic (exact) mass is 369 g/mol. The van der Waals surface area contributed by atoms with Crippen LogP contribution in [0.2, 0.25) is 5.02 Å². The third kappa shape index (κ3) is 7.42. The van der Waals surface area contributed by atoms with Crippen LogP contribution >= 0.6 is 11.6 Å². The van der Waals surface area contributed by atoms with Gasteiger partial charge in [-0.1, -0.05) is 23.7 Å². The van der Waals surface area contributed by atoms with Gasteiger partial charge in [0.1, 0.15) is 0 Å². The van der Waals surface area contributed by atoms with E-state index in [9.17, 15) is 9.59 Å². The first kappa shape index (κ1) is 19.7. The largest absolute Gasteiger partial charge is 0.454 e. The van der Waals surface area contributed by atoms with Crippen LogP contribution in [0, 0.1) is 0 Å². The fourth-order valence-corrected chi connectivity index (χ4v) is 2.52. The molecule has 6 nitrogen and oxygen atoms in total. The topological polar surface area (TPSA) is 73.9 Å². The minimum atomic E-state index is -0.717. The number of halogens is 1. The van der Waals surface area contributed by atoms with Crippen molar-refractivity contribution in [3.05, 3.63) is 34.9 Å². The molecule has 1 aliphatic rings. The van der Waals surface area contributed by atoms with Gasteiger partial charge in [-0.15, -0.1) is 0 Å². The standard InChI is InChI=1S/C18H24ClNO5/c1-13(24-11-16-3-2-10-23-16)18(22)25-12-17(21)20-9-8-14-4-6-15(19)7-5-14/h4-7,13,16H,2-3,8-12H2,1H3,(H,20,21). The van der Waals surface area contributed by atoms with Crippen molar-refractivity contribution in [3.8, 4) is 0 Å². The molecule has 0 radical (unpaired) electrons. The van der Waals surface area contributed by atoms with Crippen LogP contribution in [0.25, 0.3) is 0 Å². The number of ether oxygens (including phenoxy) is 3. The lowest BCUT2D eigenvalue weighted by Crippen LogP contribution is -2.33. The van der Waals surface area contributed by atoms with Gasteiger partial charge in [-0.05, 0) is 43.9 Å². The second-order valence-electron chi connectivity index (χ2n) is 5.94. The molecule has 1 saturated heterocycles. The summed E-state index contributed by atoms with van der Waals surface area (Å²) >= 11 is 5.82. The molecule has 1 N–H and O–H groups in total. The van der Waals surface area contributed by atoms with Crippen molar-refractivity contribution in [1.82, 2.24) is 5.32 Å². The predicted molar refractivity (Wildman–Crippen MR) is 93.5 cm³/mol. The molecule has 2 unspecified atom stereocenters. The van der Waals surface area contributed by atoms with Crippen LogP contribution in [0.15, 0.2) is 24.3 Å². The van der Waals surface area contributed by atoms with Crippen molar-refractivity contribution in [2.45, 2.75) is 38.4 Å². The molecule has 2 rings (SSSR count). The molecule has 0 saturated carbocycles. The molecular formula is C18H24ClNO5. The average Bonchev–Trinajstić information content (AvgIpc) is 3.13. The normalized spacial score (nSPS) is 17.9. The molecule has 1 heterocycles. The molecule has 1 aliphatic heterocycles. The highest BCUT2D eigenvalue weighted by atomic mass is 35.5. The molecular weight excluding hydrogens is 346 g/mol. The van der Waals surface area contributed by atoms with Crippen LogP contribution in [0.4, 0.5) is 0 Å². The van der Waals surface area contributed by atoms with E-state index in [-0.39, 0.29) is 18.6 Å². The van der Waals surface area contributed by atoms with Crippen molar-refractivity contribution in [3.63, 3.8) is 0 Å². The molecule has 138 valence electrons. The SMILES string of the molecule is CC(OCC1CCCO1)C(=O)OCC(=O)NCCc1ccc(Cl)cc1. The van der Waals surface area contributed by atoms with Gasteiger partial charge in [0.15, 0.2) is 12.7 Å². The number of hydrogen-bond acceptors (Lipinski definition) is 5. The lowest BCUT2D eigenvalue weighted by molar-refractivity contribution is -0.160. The summed E-state index contributed by atoms with van der Waals surface area (Å²) in [6.45, 7) is 2.86. The first-order valence-electron chi connectivity index (χ1n) is 8.45. The Hall–Kier alpha value is -1.63. The van der Waals surface area contributed by atoms with Crippen LogP contribution in [-0.4, -0.2) is 50.4 Å². The van der Waals surface area contributed by atoms with Gasteiger partial charge in [0, 0.05) is 18.2 Å². The second kappa shape index (κ2) is 10.4. The molecule has 7 heteroatoms. The summed E-state index contributed by atoms with van der Waals surface area (Å²) in [5.41, 5.74) is 1.07. The number of benzene rings is 1. The van der Waals surface area contributed by atoms with Gasteiger partial charge in [0.2, 0.25) is 0 Å². The number of rotatable bonds is 9. The molecule has 1 fully saturated rings. The zero-order valence-corrected chi connectivity index (χ0v) is 15.1. The quantitative estimate of drug-likeness (QED) is 0.675. The van der Waals surface area contributed by atoms with Gasteiger partial charge >= 0.3 is 5.97 Å². The van der Waals surface area contributed by atoms with E-state index in [0.717, 1.165) is 25.0 Å². The smallest absolute Gasteiger partial charge is 0.335 e. The van der Waals surface area contributed by atoms with Gasteiger partial charge in [0.25, 0.3) is 5.91 Å². The number of esters is 1. The summed E-state index contributed by atoms with van der Waals surface area (Å²) in [6, 6.07) is 7.42. The summed E-state index contributed by atoms with van der Waals surface area (Å²) in [5.74, 6) is -0.889. The lowest BCUT2D eigenvalue weighted by Gasteiger charge is -2.15. The number of hydrogen-bond donors (Lipinski definition) is 1. The molecule has 0 bridgehead atoms. The first-order valence-corrected chi connectivity index (χ1v) is 8.83. The Morgan fingerprint density at radius 3 is 2.80 bits per heavy atom. The van der Waals surface area contributed by atoms with Crippen LogP contribution < -0.4 is 5.32 Å². The molecule has 0 aliphatic carbocycles. The van der Waals surface area contributed by atoms with Gasteiger partial charge in [0.05, 0.1) is 12.7 Å². The Bertz CT molecular complexity index is 557. The van der Waals surface area contributed by atoms with Crippen molar-refractivity contribution >= 4 is 23.5 Å². The zero-order valence-electron chi connectivity index (χ0n) is 14.3. The number of carbonyl (C=O) groups is 2. The molecule has 2 atom stereocenters. The Morgan fingerprint density at radius 1 is 1.36 bits per heavy atom. The van der Waals surface area contributed by atoms with E-state index in [4.69, 9.17) is 25.8 Å². The van der Waals surface area contributed by atoms with Crippen LogP contribution in [0.1, 0.15) is 25.3 Å². The molecule has 0 aromatic heterocycles. The molecule has 1 aromatic rings. The fourth-order valence-electron chi connectivity index (χ4n) is 2.40.